The molecule has 0 unspecified atom stereocenters. The molecule has 104 valence electrons. The van der Waals surface area contributed by atoms with E-state index < -0.39 is 6.04 Å². The number of amides is 1. The summed E-state index contributed by atoms with van der Waals surface area (Å²) in [4.78, 5) is 21.9. The zero-order chi connectivity index (χ0) is 13.4. The van der Waals surface area contributed by atoms with Crippen molar-refractivity contribution in [2.75, 3.05) is 0 Å². The van der Waals surface area contributed by atoms with Crippen LogP contribution in [0, 0.1) is 10.1 Å². The number of nitrogens with one attached hydrogen (secondary N) is 1. The van der Waals surface area contributed by atoms with Crippen LogP contribution in [0.4, 0.5) is 0 Å². The van der Waals surface area contributed by atoms with Crippen LogP contribution in [0.5, 0.6) is 0 Å². The normalized spacial score (nSPS) is 23.7. The molecule has 1 N–H and O–H groups in total. The van der Waals surface area contributed by atoms with Crippen LogP contribution in [0.15, 0.2) is 0 Å². The Hall–Kier alpha value is -1.13. The van der Waals surface area contributed by atoms with Crippen molar-refractivity contribution in [2.45, 2.75) is 76.8 Å². The molecule has 1 aliphatic heterocycles. The molecular formula is C13H24N2O3. The van der Waals surface area contributed by atoms with Crippen molar-refractivity contribution >= 4 is 5.91 Å². The fourth-order valence-electron chi connectivity index (χ4n) is 2.52. The highest BCUT2D eigenvalue weighted by molar-refractivity contribution is 5.77. The molecule has 1 heterocycles. The second-order valence-electron chi connectivity index (χ2n) is 5.12. The summed E-state index contributed by atoms with van der Waals surface area (Å²) in [6.45, 7) is 2.18. The Morgan fingerprint density at radius 2 is 1.94 bits per heavy atom. The molecule has 0 aliphatic carbocycles. The van der Waals surface area contributed by atoms with Crippen LogP contribution in [0.1, 0.15) is 64.7 Å². The molecule has 1 saturated heterocycles. The van der Waals surface area contributed by atoms with Crippen molar-refractivity contribution in [3.8, 4) is 0 Å². The maximum Gasteiger partial charge on any atom is 0.233 e. The zero-order valence-electron chi connectivity index (χ0n) is 11.2. The van der Waals surface area contributed by atoms with Gasteiger partial charge in [-0.2, -0.15) is 0 Å². The van der Waals surface area contributed by atoms with Crippen molar-refractivity contribution in [1.29, 1.82) is 0 Å². The van der Waals surface area contributed by atoms with E-state index in [1.54, 1.807) is 0 Å². The Kier molecular flexibility index (Phi) is 6.68. The molecule has 0 spiro atoms. The van der Waals surface area contributed by atoms with E-state index >= 15 is 0 Å². The highest BCUT2D eigenvalue weighted by atomic mass is 16.6. The summed E-state index contributed by atoms with van der Waals surface area (Å²) in [6, 6.07) is -0.842. The summed E-state index contributed by atoms with van der Waals surface area (Å²) in [6.07, 6.45) is 8.42. The Labute approximate surface area is 108 Å². The van der Waals surface area contributed by atoms with Gasteiger partial charge in [-0.1, -0.05) is 45.4 Å². The van der Waals surface area contributed by atoms with Gasteiger partial charge >= 0.3 is 0 Å². The fraction of sp³-hybridized carbons (Fsp3) is 0.923. The highest BCUT2D eigenvalue weighted by Crippen LogP contribution is 2.18. The number of carbonyl (C=O) groups is 1. The van der Waals surface area contributed by atoms with Gasteiger partial charge in [-0.05, 0) is 6.42 Å². The van der Waals surface area contributed by atoms with E-state index in [2.05, 4.69) is 12.2 Å². The van der Waals surface area contributed by atoms with Gasteiger partial charge < -0.3 is 5.32 Å². The number of hydrogen-bond acceptors (Lipinski definition) is 3. The van der Waals surface area contributed by atoms with Gasteiger partial charge in [0.25, 0.3) is 0 Å². The van der Waals surface area contributed by atoms with E-state index in [-0.39, 0.29) is 16.9 Å². The number of nitrogens with zero attached hydrogens (tertiary/aromatic N) is 1. The van der Waals surface area contributed by atoms with Crippen LogP contribution >= 0.6 is 0 Å². The predicted octanol–water partition coefficient (Wildman–Crippen LogP) is 2.66. The molecule has 5 nitrogen and oxygen atoms in total. The van der Waals surface area contributed by atoms with Gasteiger partial charge in [0.05, 0.1) is 6.04 Å². The number of rotatable bonds is 8. The minimum atomic E-state index is -0.585. The summed E-state index contributed by atoms with van der Waals surface area (Å²) in [5.41, 5.74) is 0. The number of hydrogen-bond donors (Lipinski definition) is 1. The van der Waals surface area contributed by atoms with Crippen molar-refractivity contribution in [2.24, 2.45) is 0 Å². The molecule has 1 aliphatic rings. The maximum absolute atomic E-state index is 11.3. The molecule has 0 saturated carbocycles. The van der Waals surface area contributed by atoms with Crippen LogP contribution < -0.4 is 5.32 Å². The summed E-state index contributed by atoms with van der Waals surface area (Å²) in [5.74, 6) is -0.0379. The Morgan fingerprint density at radius 1 is 1.28 bits per heavy atom. The largest absolute Gasteiger partial charge is 0.346 e. The second-order valence-corrected chi connectivity index (χ2v) is 5.12. The first-order valence-electron chi connectivity index (χ1n) is 7.08. The molecular weight excluding hydrogens is 232 g/mol. The van der Waals surface area contributed by atoms with Gasteiger partial charge in [0.2, 0.25) is 11.9 Å². The molecule has 18 heavy (non-hydrogen) atoms. The zero-order valence-corrected chi connectivity index (χ0v) is 11.2. The third-order valence-corrected chi connectivity index (χ3v) is 3.62. The Balaban J connectivity index is 2.24. The lowest BCUT2D eigenvalue weighted by atomic mass is 9.93. The maximum atomic E-state index is 11.3. The molecule has 0 radical (unpaired) electrons. The molecule has 0 aromatic heterocycles. The highest BCUT2D eigenvalue weighted by Gasteiger charge is 2.36. The van der Waals surface area contributed by atoms with E-state index in [1.807, 2.05) is 0 Å². The van der Waals surface area contributed by atoms with Crippen LogP contribution in [0.2, 0.25) is 0 Å². The number of piperidine rings is 1. The Bertz CT molecular complexity index is 281. The van der Waals surface area contributed by atoms with Crippen molar-refractivity contribution in [3.63, 3.8) is 0 Å². The average Bonchev–Trinajstić information content (AvgIpc) is 2.33. The van der Waals surface area contributed by atoms with Gasteiger partial charge in [-0.25, -0.2) is 0 Å². The number of carbonyl (C=O) groups excluding carboxylic acids is 1. The molecule has 1 amide bonds. The van der Waals surface area contributed by atoms with Gasteiger partial charge in [0.15, 0.2) is 0 Å². The van der Waals surface area contributed by atoms with Crippen LogP contribution in [0.3, 0.4) is 0 Å². The number of nitro groups is 1. The quantitative estimate of drug-likeness (QED) is 0.412. The van der Waals surface area contributed by atoms with Crippen LogP contribution in [0.25, 0.3) is 0 Å². The lowest BCUT2D eigenvalue weighted by Crippen LogP contribution is -2.51. The van der Waals surface area contributed by atoms with Gasteiger partial charge in [-0.15, -0.1) is 0 Å². The Morgan fingerprint density at radius 3 is 2.61 bits per heavy atom. The third kappa shape index (κ3) is 5.02. The first-order chi connectivity index (χ1) is 8.65. The summed E-state index contributed by atoms with van der Waals surface area (Å²) >= 11 is 0. The van der Waals surface area contributed by atoms with Gasteiger partial charge in [-0.3, -0.25) is 14.9 Å². The molecule has 1 rings (SSSR count). The average molecular weight is 256 g/mol. The first kappa shape index (κ1) is 14.9. The van der Waals surface area contributed by atoms with Gasteiger partial charge in [0.1, 0.15) is 0 Å². The van der Waals surface area contributed by atoms with Gasteiger partial charge in [0, 0.05) is 17.8 Å². The lowest BCUT2D eigenvalue weighted by molar-refractivity contribution is -0.528. The lowest BCUT2D eigenvalue weighted by Gasteiger charge is -2.26. The monoisotopic (exact) mass is 256 g/mol. The SMILES string of the molecule is CCCCCCCC[C@H]1NC(=O)CC[C@@H]1[N+](=O)[O-]. The number of unbranched alkanes of at least 4 members (excludes halogenated alkanes) is 5. The molecule has 0 aromatic carbocycles. The predicted molar refractivity (Wildman–Crippen MR) is 69.9 cm³/mol. The van der Waals surface area contributed by atoms with E-state index in [0.29, 0.717) is 12.8 Å². The summed E-state index contributed by atoms with van der Waals surface area (Å²) in [5, 5.41) is 13.7. The standard InChI is InChI=1S/C13H24N2O3/c1-2-3-4-5-6-7-8-11-12(15(17)18)9-10-13(16)14-11/h11-12H,2-10H2,1H3,(H,14,16)/t11-,12+/m1/s1. The van der Waals surface area contributed by atoms with Crippen molar-refractivity contribution in [1.82, 2.24) is 5.32 Å². The van der Waals surface area contributed by atoms with E-state index in [0.717, 1.165) is 19.3 Å². The summed E-state index contributed by atoms with van der Waals surface area (Å²) in [7, 11) is 0. The van der Waals surface area contributed by atoms with E-state index in [1.165, 1.54) is 25.7 Å². The molecule has 2 atom stereocenters. The molecule has 0 bridgehead atoms. The summed E-state index contributed by atoms with van der Waals surface area (Å²) < 4.78 is 0. The molecule has 1 fully saturated rings. The van der Waals surface area contributed by atoms with Crippen LogP contribution in [-0.4, -0.2) is 22.9 Å². The molecule has 0 aromatic rings. The van der Waals surface area contributed by atoms with Crippen molar-refractivity contribution < 1.29 is 9.72 Å². The van der Waals surface area contributed by atoms with Crippen LogP contribution in [-0.2, 0) is 4.79 Å². The first-order valence-corrected chi connectivity index (χ1v) is 7.08. The minimum Gasteiger partial charge on any atom is -0.346 e. The fourth-order valence-corrected chi connectivity index (χ4v) is 2.52. The van der Waals surface area contributed by atoms with E-state index in [4.69, 9.17) is 0 Å². The second kappa shape index (κ2) is 8.06. The minimum absolute atomic E-state index is 0.0379. The molecule has 5 heteroatoms. The third-order valence-electron chi connectivity index (χ3n) is 3.62. The smallest absolute Gasteiger partial charge is 0.233 e. The van der Waals surface area contributed by atoms with Crippen molar-refractivity contribution in [3.05, 3.63) is 10.1 Å². The van der Waals surface area contributed by atoms with E-state index in [9.17, 15) is 14.9 Å². The topological polar surface area (TPSA) is 72.2 Å².